The van der Waals surface area contributed by atoms with Crippen LogP contribution in [0.2, 0.25) is 0 Å². The van der Waals surface area contributed by atoms with Gasteiger partial charge in [0, 0.05) is 13.5 Å². The first-order chi connectivity index (χ1) is 8.71. The van der Waals surface area contributed by atoms with Crippen molar-refractivity contribution >= 4 is 5.91 Å². The summed E-state index contributed by atoms with van der Waals surface area (Å²) in [5, 5.41) is 21.4. The van der Waals surface area contributed by atoms with Crippen LogP contribution in [0.15, 0.2) is 18.2 Å². The van der Waals surface area contributed by atoms with Crippen molar-refractivity contribution in [2.75, 3.05) is 6.54 Å². The third-order valence-corrected chi connectivity index (χ3v) is 2.29. The van der Waals surface area contributed by atoms with E-state index >= 15 is 0 Å². The van der Waals surface area contributed by atoms with Crippen LogP contribution in [0.4, 0.5) is 13.2 Å². The van der Waals surface area contributed by atoms with Crippen molar-refractivity contribution in [3.05, 3.63) is 29.6 Å². The van der Waals surface area contributed by atoms with Crippen LogP contribution < -0.4 is 5.32 Å². The first-order valence-electron chi connectivity index (χ1n) is 5.36. The zero-order valence-electron chi connectivity index (χ0n) is 9.98. The Morgan fingerprint density at radius 3 is 2.58 bits per heavy atom. The van der Waals surface area contributed by atoms with Crippen molar-refractivity contribution in [3.8, 4) is 0 Å². The number of aliphatic hydroxyl groups excluding tert-OH is 2. The minimum atomic E-state index is -4.63. The highest BCUT2D eigenvalue weighted by Gasteiger charge is 2.33. The van der Waals surface area contributed by atoms with Crippen LogP contribution in [0.25, 0.3) is 0 Å². The fraction of sp³-hybridized carbons (Fsp3) is 0.455. The number of halogens is 3. The van der Waals surface area contributed by atoms with Crippen LogP contribution in [0.3, 0.4) is 0 Å². The summed E-state index contributed by atoms with van der Waals surface area (Å²) in [4.78, 5) is 13.9. The van der Waals surface area contributed by atoms with Crippen molar-refractivity contribution in [3.63, 3.8) is 0 Å². The molecular weight excluding hydrogens is 265 g/mol. The molecule has 8 heteroatoms. The molecule has 0 radical (unpaired) electrons. The maximum Gasteiger partial charge on any atom is 0.433 e. The molecule has 106 valence electrons. The predicted octanol–water partition coefficient (Wildman–Crippen LogP) is 0.631. The van der Waals surface area contributed by atoms with Crippen LogP contribution in [-0.2, 0) is 11.0 Å². The summed E-state index contributed by atoms with van der Waals surface area (Å²) in [5.74, 6) is -0.428. The standard InChI is InChI=1S/C11H13F3N2O3/c1-6(17)15-5-8(18)10(19)7-3-2-4-9(16-7)11(12,13)14/h2-4,8,10,18-19H,5H2,1H3,(H,15,17). The van der Waals surface area contributed by atoms with Gasteiger partial charge in [-0.2, -0.15) is 13.2 Å². The average Bonchev–Trinajstić information content (AvgIpc) is 2.34. The fourth-order valence-corrected chi connectivity index (χ4v) is 1.33. The fourth-order valence-electron chi connectivity index (χ4n) is 1.33. The third-order valence-electron chi connectivity index (χ3n) is 2.29. The van der Waals surface area contributed by atoms with Crippen LogP contribution in [-0.4, -0.2) is 33.8 Å². The van der Waals surface area contributed by atoms with Crippen molar-refractivity contribution < 1.29 is 28.2 Å². The van der Waals surface area contributed by atoms with E-state index in [2.05, 4.69) is 10.3 Å². The molecule has 3 N–H and O–H groups in total. The number of pyridine rings is 1. The number of aliphatic hydroxyl groups is 2. The molecule has 1 aromatic heterocycles. The summed E-state index contributed by atoms with van der Waals surface area (Å²) in [7, 11) is 0. The summed E-state index contributed by atoms with van der Waals surface area (Å²) in [6, 6.07) is 3.01. The normalized spacial score (nSPS) is 14.8. The van der Waals surface area contributed by atoms with Gasteiger partial charge in [-0.1, -0.05) is 6.07 Å². The number of alkyl halides is 3. The maximum absolute atomic E-state index is 12.4. The molecule has 1 amide bonds. The summed E-state index contributed by atoms with van der Waals surface area (Å²) in [5.41, 5.74) is -1.47. The van der Waals surface area contributed by atoms with Gasteiger partial charge in [-0.3, -0.25) is 4.79 Å². The molecular formula is C11H13F3N2O3. The lowest BCUT2D eigenvalue weighted by Gasteiger charge is -2.18. The van der Waals surface area contributed by atoms with E-state index in [4.69, 9.17) is 0 Å². The number of carbonyl (C=O) groups excluding carboxylic acids is 1. The van der Waals surface area contributed by atoms with Gasteiger partial charge in [0.25, 0.3) is 0 Å². The molecule has 0 aromatic carbocycles. The summed E-state index contributed by atoms with van der Waals surface area (Å²) >= 11 is 0. The van der Waals surface area contributed by atoms with Crippen molar-refractivity contribution in [2.45, 2.75) is 25.3 Å². The van der Waals surface area contributed by atoms with Gasteiger partial charge >= 0.3 is 6.18 Å². The number of rotatable bonds is 4. The van der Waals surface area contributed by atoms with Gasteiger partial charge in [-0.25, -0.2) is 4.98 Å². The molecule has 0 fully saturated rings. The monoisotopic (exact) mass is 278 g/mol. The van der Waals surface area contributed by atoms with E-state index in [-0.39, 0.29) is 12.2 Å². The molecule has 0 bridgehead atoms. The third kappa shape index (κ3) is 4.49. The molecule has 19 heavy (non-hydrogen) atoms. The molecule has 2 atom stereocenters. The molecule has 0 aliphatic rings. The van der Waals surface area contributed by atoms with E-state index in [9.17, 15) is 28.2 Å². The first-order valence-corrected chi connectivity index (χ1v) is 5.36. The Balaban J connectivity index is 2.82. The first kappa shape index (κ1) is 15.4. The number of hydrogen-bond acceptors (Lipinski definition) is 4. The van der Waals surface area contributed by atoms with Gasteiger partial charge in [-0.05, 0) is 12.1 Å². The lowest BCUT2D eigenvalue weighted by atomic mass is 10.1. The van der Waals surface area contributed by atoms with Gasteiger partial charge in [0.2, 0.25) is 5.91 Å². The molecule has 0 aliphatic carbocycles. The molecule has 0 aliphatic heterocycles. The molecule has 1 heterocycles. The molecule has 2 unspecified atom stereocenters. The Bertz CT molecular complexity index is 451. The minimum Gasteiger partial charge on any atom is -0.388 e. The Labute approximate surface area is 107 Å². The largest absolute Gasteiger partial charge is 0.433 e. The molecule has 0 saturated carbocycles. The highest BCUT2D eigenvalue weighted by atomic mass is 19.4. The SMILES string of the molecule is CC(=O)NCC(O)C(O)c1cccc(C(F)(F)F)n1. The lowest BCUT2D eigenvalue weighted by Crippen LogP contribution is -2.34. The van der Waals surface area contributed by atoms with E-state index < -0.39 is 30.0 Å². The van der Waals surface area contributed by atoms with Crippen LogP contribution >= 0.6 is 0 Å². The Morgan fingerprint density at radius 1 is 1.42 bits per heavy atom. The molecule has 1 aromatic rings. The molecule has 1 rings (SSSR count). The molecule has 0 spiro atoms. The number of amides is 1. The van der Waals surface area contributed by atoms with Crippen LogP contribution in [0.1, 0.15) is 24.4 Å². The second-order valence-corrected chi connectivity index (χ2v) is 3.89. The summed E-state index contributed by atoms with van der Waals surface area (Å²) in [6.07, 6.45) is -7.69. The van der Waals surface area contributed by atoms with E-state index in [1.54, 1.807) is 0 Å². The number of hydrogen-bond donors (Lipinski definition) is 3. The number of nitrogens with zero attached hydrogens (tertiary/aromatic N) is 1. The highest BCUT2D eigenvalue weighted by molar-refractivity contribution is 5.72. The maximum atomic E-state index is 12.4. The Hall–Kier alpha value is -1.67. The van der Waals surface area contributed by atoms with Crippen LogP contribution in [0, 0.1) is 0 Å². The van der Waals surface area contributed by atoms with Gasteiger partial charge in [0.1, 0.15) is 17.9 Å². The summed E-state index contributed by atoms with van der Waals surface area (Å²) < 4.78 is 37.3. The predicted molar refractivity (Wildman–Crippen MR) is 58.9 cm³/mol. The van der Waals surface area contributed by atoms with Crippen molar-refractivity contribution in [1.29, 1.82) is 0 Å². The van der Waals surface area contributed by atoms with Crippen molar-refractivity contribution in [1.82, 2.24) is 10.3 Å². The number of aromatic nitrogens is 1. The zero-order chi connectivity index (χ0) is 14.6. The molecule has 0 saturated heterocycles. The smallest absolute Gasteiger partial charge is 0.388 e. The topological polar surface area (TPSA) is 82.5 Å². The van der Waals surface area contributed by atoms with E-state index in [0.29, 0.717) is 0 Å². The van der Waals surface area contributed by atoms with E-state index in [1.807, 2.05) is 0 Å². The van der Waals surface area contributed by atoms with Gasteiger partial charge in [-0.15, -0.1) is 0 Å². The average molecular weight is 278 g/mol. The van der Waals surface area contributed by atoms with E-state index in [1.165, 1.54) is 6.92 Å². The minimum absolute atomic E-state index is 0.283. The lowest BCUT2D eigenvalue weighted by molar-refractivity contribution is -0.141. The Morgan fingerprint density at radius 2 is 2.05 bits per heavy atom. The Kier molecular flexibility index (Phi) is 4.84. The second-order valence-electron chi connectivity index (χ2n) is 3.89. The van der Waals surface area contributed by atoms with E-state index in [0.717, 1.165) is 18.2 Å². The number of carbonyl (C=O) groups is 1. The second kappa shape index (κ2) is 5.98. The zero-order valence-corrected chi connectivity index (χ0v) is 9.98. The highest BCUT2D eigenvalue weighted by Crippen LogP contribution is 2.28. The number of nitrogens with one attached hydrogen (secondary N) is 1. The van der Waals surface area contributed by atoms with Gasteiger partial charge in [0.15, 0.2) is 0 Å². The van der Waals surface area contributed by atoms with Crippen LogP contribution in [0.5, 0.6) is 0 Å². The molecule has 5 nitrogen and oxygen atoms in total. The van der Waals surface area contributed by atoms with Gasteiger partial charge < -0.3 is 15.5 Å². The quantitative estimate of drug-likeness (QED) is 0.754. The van der Waals surface area contributed by atoms with Gasteiger partial charge in [0.05, 0.1) is 5.69 Å². The van der Waals surface area contributed by atoms with Crippen molar-refractivity contribution in [2.24, 2.45) is 0 Å². The summed E-state index contributed by atoms with van der Waals surface area (Å²) in [6.45, 7) is 0.927.